The Morgan fingerprint density at radius 1 is 1.07 bits per heavy atom. The van der Waals surface area contributed by atoms with Crippen LogP contribution in [-0.4, -0.2) is 22.0 Å². The molecular weight excluding hydrogens is 352 g/mol. The molecule has 1 unspecified atom stereocenters. The van der Waals surface area contributed by atoms with Gasteiger partial charge in [0.05, 0.1) is 0 Å². The van der Waals surface area contributed by atoms with Gasteiger partial charge < -0.3 is 10.2 Å². The lowest BCUT2D eigenvalue weighted by molar-refractivity contribution is -0.137. The second-order valence-corrected chi connectivity index (χ2v) is 7.88. The molecule has 2 N–H and O–H groups in total. The lowest BCUT2D eigenvalue weighted by atomic mass is 9.86. The Morgan fingerprint density at radius 3 is 2.54 bits per heavy atom. The molecule has 1 aliphatic rings. The quantitative estimate of drug-likeness (QED) is 0.442. The fraction of sp³-hybridized carbons (Fsp3) is 0.583. The van der Waals surface area contributed by atoms with Gasteiger partial charge in [0.25, 0.3) is 0 Å². The molecule has 0 amide bonds. The Balaban J connectivity index is 2.39. The Bertz CT molecular complexity index is 717. The number of ketones is 1. The predicted molar refractivity (Wildman–Crippen MR) is 113 cm³/mol. The average Bonchev–Trinajstić information content (AvgIpc) is 2.80. The fourth-order valence-corrected chi connectivity index (χ4v) is 4.25. The van der Waals surface area contributed by atoms with Gasteiger partial charge in [-0.3, -0.25) is 9.59 Å². The molecule has 0 radical (unpaired) electrons. The Kier molecular flexibility index (Phi) is 8.75. The van der Waals surface area contributed by atoms with E-state index < -0.39 is 5.97 Å². The van der Waals surface area contributed by atoms with Crippen LogP contribution in [0.15, 0.2) is 23.8 Å². The van der Waals surface area contributed by atoms with Gasteiger partial charge in [0, 0.05) is 18.4 Å². The SMILES string of the molecule is CCCCCCC1=C(C(=O)CCCC(=O)O)c2cc(O)ccc2C(CC)CC1. The van der Waals surface area contributed by atoms with E-state index in [4.69, 9.17) is 5.11 Å². The van der Waals surface area contributed by atoms with E-state index in [1.54, 1.807) is 12.1 Å². The third-order valence-corrected chi connectivity index (χ3v) is 5.79. The summed E-state index contributed by atoms with van der Waals surface area (Å²) in [5.41, 5.74) is 3.96. The number of phenols is 1. The lowest BCUT2D eigenvalue weighted by Crippen LogP contribution is -2.08. The number of carboxylic acid groups (broad SMARTS) is 1. The average molecular weight is 387 g/mol. The van der Waals surface area contributed by atoms with Crippen LogP contribution in [0.5, 0.6) is 5.75 Å². The van der Waals surface area contributed by atoms with E-state index in [1.807, 2.05) is 6.07 Å². The molecule has 0 spiro atoms. The van der Waals surface area contributed by atoms with Crippen molar-refractivity contribution in [2.24, 2.45) is 0 Å². The Hall–Kier alpha value is -2.10. The zero-order valence-electron chi connectivity index (χ0n) is 17.3. The summed E-state index contributed by atoms with van der Waals surface area (Å²) in [6.07, 6.45) is 9.03. The van der Waals surface area contributed by atoms with Gasteiger partial charge in [0.2, 0.25) is 0 Å². The minimum absolute atomic E-state index is 0.00926. The first kappa shape index (κ1) is 22.2. The number of rotatable bonds is 11. The van der Waals surface area contributed by atoms with Crippen molar-refractivity contribution in [3.8, 4) is 5.75 Å². The van der Waals surface area contributed by atoms with Crippen molar-refractivity contribution in [2.45, 2.75) is 90.4 Å². The van der Waals surface area contributed by atoms with Crippen molar-refractivity contribution < 1.29 is 19.8 Å². The summed E-state index contributed by atoms with van der Waals surface area (Å²) in [6, 6.07) is 5.41. The number of allylic oxidation sites excluding steroid dienone is 2. The van der Waals surface area contributed by atoms with E-state index in [-0.39, 0.29) is 24.4 Å². The van der Waals surface area contributed by atoms with Crippen molar-refractivity contribution >= 4 is 17.3 Å². The first-order chi connectivity index (χ1) is 13.5. The van der Waals surface area contributed by atoms with Crippen LogP contribution in [0.3, 0.4) is 0 Å². The molecule has 0 heterocycles. The molecule has 0 saturated carbocycles. The molecule has 4 heteroatoms. The number of carbonyl (C=O) groups is 2. The first-order valence-electron chi connectivity index (χ1n) is 10.8. The zero-order valence-corrected chi connectivity index (χ0v) is 17.3. The molecular formula is C24H34O4. The molecule has 0 aliphatic heterocycles. The second kappa shape index (κ2) is 11.0. The molecule has 154 valence electrons. The number of hydrogen-bond donors (Lipinski definition) is 2. The van der Waals surface area contributed by atoms with Crippen LogP contribution < -0.4 is 0 Å². The lowest BCUT2D eigenvalue weighted by Gasteiger charge is -2.17. The summed E-state index contributed by atoms with van der Waals surface area (Å²) in [5, 5.41) is 19.0. The largest absolute Gasteiger partial charge is 0.508 e. The van der Waals surface area contributed by atoms with Gasteiger partial charge in [-0.15, -0.1) is 0 Å². The second-order valence-electron chi connectivity index (χ2n) is 7.88. The molecule has 4 nitrogen and oxygen atoms in total. The number of unbranched alkanes of at least 4 members (excludes halogenated alkanes) is 3. The van der Waals surface area contributed by atoms with E-state index in [9.17, 15) is 14.7 Å². The molecule has 2 rings (SSSR count). The van der Waals surface area contributed by atoms with Crippen molar-refractivity contribution in [2.75, 3.05) is 0 Å². The third-order valence-electron chi connectivity index (χ3n) is 5.79. The highest BCUT2D eigenvalue weighted by Gasteiger charge is 2.27. The van der Waals surface area contributed by atoms with E-state index in [0.717, 1.165) is 55.2 Å². The van der Waals surface area contributed by atoms with Gasteiger partial charge >= 0.3 is 5.97 Å². The number of benzene rings is 1. The maximum atomic E-state index is 13.2. The van der Waals surface area contributed by atoms with E-state index in [1.165, 1.54) is 18.4 Å². The van der Waals surface area contributed by atoms with Gasteiger partial charge in [0.1, 0.15) is 5.75 Å². The summed E-state index contributed by atoms with van der Waals surface area (Å²) in [4.78, 5) is 24.0. The van der Waals surface area contributed by atoms with E-state index >= 15 is 0 Å². The topological polar surface area (TPSA) is 74.6 Å². The van der Waals surface area contributed by atoms with Crippen LogP contribution in [0.1, 0.15) is 102 Å². The van der Waals surface area contributed by atoms with Gasteiger partial charge in [-0.1, -0.05) is 44.7 Å². The predicted octanol–water partition coefficient (Wildman–Crippen LogP) is 6.23. The fourth-order valence-electron chi connectivity index (χ4n) is 4.25. The smallest absolute Gasteiger partial charge is 0.303 e. The number of Topliss-reactive ketones (excluding diaryl/α,β-unsaturated/α-hetero) is 1. The number of aliphatic carboxylic acids is 1. The normalized spacial score (nSPS) is 16.6. The molecule has 0 fully saturated rings. The summed E-state index contributed by atoms with van der Waals surface area (Å²) >= 11 is 0. The highest BCUT2D eigenvalue weighted by molar-refractivity contribution is 6.22. The maximum Gasteiger partial charge on any atom is 0.303 e. The highest BCUT2D eigenvalue weighted by Crippen LogP contribution is 2.42. The summed E-state index contributed by atoms with van der Waals surface area (Å²) < 4.78 is 0. The van der Waals surface area contributed by atoms with Gasteiger partial charge in [-0.25, -0.2) is 0 Å². The molecule has 1 aromatic carbocycles. The molecule has 28 heavy (non-hydrogen) atoms. The standard InChI is InChI=1S/C24H34O4/c1-3-5-6-7-9-18-13-12-17(4-2)20-15-14-19(25)16-21(20)24(18)22(26)10-8-11-23(27)28/h14-17,25H,3-13H2,1-2H3,(H,27,28). The van der Waals surface area contributed by atoms with Crippen molar-refractivity contribution in [3.05, 3.63) is 34.9 Å². The summed E-state index contributed by atoms with van der Waals surface area (Å²) in [5.74, 6) is -0.288. The molecule has 1 aromatic rings. The van der Waals surface area contributed by atoms with Crippen LogP contribution >= 0.6 is 0 Å². The summed E-state index contributed by atoms with van der Waals surface area (Å²) in [7, 11) is 0. The number of phenolic OH excluding ortho intramolecular Hbond substituents is 1. The highest BCUT2D eigenvalue weighted by atomic mass is 16.4. The molecule has 1 aliphatic carbocycles. The van der Waals surface area contributed by atoms with Crippen molar-refractivity contribution in [3.63, 3.8) is 0 Å². The van der Waals surface area contributed by atoms with E-state index in [0.29, 0.717) is 12.3 Å². The zero-order chi connectivity index (χ0) is 20.5. The molecule has 0 bridgehead atoms. The Morgan fingerprint density at radius 2 is 1.86 bits per heavy atom. The molecule has 0 saturated heterocycles. The number of carbonyl (C=O) groups excluding carboxylic acids is 1. The van der Waals surface area contributed by atoms with Gasteiger partial charge in [-0.05, 0) is 67.7 Å². The number of hydrogen-bond acceptors (Lipinski definition) is 3. The van der Waals surface area contributed by atoms with Gasteiger partial charge in [0.15, 0.2) is 5.78 Å². The minimum Gasteiger partial charge on any atom is -0.508 e. The van der Waals surface area contributed by atoms with Crippen LogP contribution in [0.25, 0.3) is 5.57 Å². The first-order valence-corrected chi connectivity index (χ1v) is 10.8. The van der Waals surface area contributed by atoms with Crippen LogP contribution in [0, 0.1) is 0 Å². The van der Waals surface area contributed by atoms with Crippen LogP contribution in [-0.2, 0) is 9.59 Å². The maximum absolute atomic E-state index is 13.2. The minimum atomic E-state index is -0.869. The molecule has 1 atom stereocenters. The number of aromatic hydroxyl groups is 1. The van der Waals surface area contributed by atoms with E-state index in [2.05, 4.69) is 13.8 Å². The van der Waals surface area contributed by atoms with Crippen LogP contribution in [0.2, 0.25) is 0 Å². The third kappa shape index (κ3) is 5.95. The summed E-state index contributed by atoms with van der Waals surface area (Å²) in [6.45, 7) is 4.36. The van der Waals surface area contributed by atoms with Crippen molar-refractivity contribution in [1.82, 2.24) is 0 Å². The number of fused-ring (bicyclic) bond motifs is 1. The number of carboxylic acids is 1. The Labute approximate surface area is 168 Å². The monoisotopic (exact) mass is 386 g/mol. The van der Waals surface area contributed by atoms with Crippen molar-refractivity contribution in [1.29, 1.82) is 0 Å². The van der Waals surface area contributed by atoms with Gasteiger partial charge in [-0.2, -0.15) is 0 Å². The van der Waals surface area contributed by atoms with Crippen LogP contribution in [0.4, 0.5) is 0 Å². The molecule has 0 aromatic heterocycles.